The van der Waals surface area contributed by atoms with E-state index in [-0.39, 0.29) is 5.83 Å². The van der Waals surface area contributed by atoms with Crippen LogP contribution in [0.2, 0.25) is 0 Å². The molecule has 1 aromatic rings. The Balaban J connectivity index is 2.02. The first-order valence-corrected chi connectivity index (χ1v) is 5.40. The SMILES string of the molecule is COC1NC=C(F)C=C1CNc1cccc(F)n1. The van der Waals surface area contributed by atoms with E-state index in [4.69, 9.17) is 4.74 Å². The van der Waals surface area contributed by atoms with Crippen LogP contribution in [-0.2, 0) is 4.74 Å². The first-order chi connectivity index (χ1) is 8.69. The van der Waals surface area contributed by atoms with Crippen molar-refractivity contribution in [3.8, 4) is 0 Å². The molecule has 2 N–H and O–H groups in total. The van der Waals surface area contributed by atoms with Gasteiger partial charge in [-0.3, -0.25) is 0 Å². The number of anilines is 1. The van der Waals surface area contributed by atoms with Gasteiger partial charge in [0.05, 0.1) is 0 Å². The minimum Gasteiger partial charge on any atom is -0.366 e. The molecule has 0 aromatic carbocycles. The Labute approximate surface area is 103 Å². The number of methoxy groups -OCH3 is 1. The fourth-order valence-electron chi connectivity index (χ4n) is 1.62. The van der Waals surface area contributed by atoms with E-state index in [1.54, 1.807) is 12.1 Å². The predicted octanol–water partition coefficient (Wildman–Crippen LogP) is 1.95. The van der Waals surface area contributed by atoms with Gasteiger partial charge in [0.1, 0.15) is 11.6 Å². The maximum absolute atomic E-state index is 13.1. The number of ether oxygens (including phenoxy) is 1. The zero-order valence-electron chi connectivity index (χ0n) is 9.78. The zero-order valence-corrected chi connectivity index (χ0v) is 9.78. The number of rotatable bonds is 4. The van der Waals surface area contributed by atoms with Gasteiger partial charge in [-0.15, -0.1) is 0 Å². The molecule has 2 rings (SSSR count). The topological polar surface area (TPSA) is 46.2 Å². The summed E-state index contributed by atoms with van der Waals surface area (Å²) < 4.78 is 31.1. The van der Waals surface area contributed by atoms with Crippen LogP contribution in [0, 0.1) is 5.95 Å². The number of nitrogens with zero attached hydrogens (tertiary/aromatic N) is 1. The summed E-state index contributed by atoms with van der Waals surface area (Å²) in [5, 5.41) is 5.66. The lowest BCUT2D eigenvalue weighted by atomic mass is 10.1. The normalized spacial score (nSPS) is 18.7. The molecule has 0 spiro atoms. The monoisotopic (exact) mass is 253 g/mol. The number of pyridine rings is 1. The summed E-state index contributed by atoms with van der Waals surface area (Å²) in [7, 11) is 1.52. The highest BCUT2D eigenvalue weighted by molar-refractivity contribution is 5.38. The van der Waals surface area contributed by atoms with E-state index >= 15 is 0 Å². The van der Waals surface area contributed by atoms with Crippen LogP contribution < -0.4 is 10.6 Å². The van der Waals surface area contributed by atoms with Crippen LogP contribution in [-0.4, -0.2) is 24.9 Å². The van der Waals surface area contributed by atoms with Gasteiger partial charge in [-0.05, 0) is 18.2 Å². The van der Waals surface area contributed by atoms with E-state index in [9.17, 15) is 8.78 Å². The van der Waals surface area contributed by atoms with Crippen LogP contribution in [0.5, 0.6) is 0 Å². The molecule has 1 aromatic heterocycles. The molecule has 4 nitrogen and oxygen atoms in total. The van der Waals surface area contributed by atoms with E-state index in [1.165, 1.54) is 25.5 Å². The first kappa shape index (κ1) is 12.5. The van der Waals surface area contributed by atoms with Crippen molar-refractivity contribution in [2.75, 3.05) is 19.0 Å². The number of allylic oxidation sites excluding steroid dienone is 2. The fraction of sp³-hybridized carbons (Fsp3) is 0.250. The quantitative estimate of drug-likeness (QED) is 0.805. The van der Waals surface area contributed by atoms with Crippen molar-refractivity contribution in [2.45, 2.75) is 6.23 Å². The Bertz CT molecular complexity index is 488. The number of hydrogen-bond donors (Lipinski definition) is 2. The van der Waals surface area contributed by atoms with Gasteiger partial charge in [0, 0.05) is 25.4 Å². The maximum Gasteiger partial charge on any atom is 0.214 e. The molecule has 0 aliphatic carbocycles. The van der Waals surface area contributed by atoms with Crippen LogP contribution in [0.15, 0.2) is 41.9 Å². The van der Waals surface area contributed by atoms with Gasteiger partial charge in [0.25, 0.3) is 0 Å². The molecule has 2 heterocycles. The van der Waals surface area contributed by atoms with E-state index < -0.39 is 12.2 Å². The van der Waals surface area contributed by atoms with E-state index in [0.717, 1.165) is 0 Å². The summed E-state index contributed by atoms with van der Waals surface area (Å²) in [5.74, 6) is -0.557. The Morgan fingerprint density at radius 3 is 3.00 bits per heavy atom. The van der Waals surface area contributed by atoms with Gasteiger partial charge in [-0.2, -0.15) is 4.39 Å². The fourth-order valence-corrected chi connectivity index (χ4v) is 1.62. The number of hydrogen-bond acceptors (Lipinski definition) is 4. The summed E-state index contributed by atoms with van der Waals surface area (Å²) in [6.45, 7) is 0.309. The largest absolute Gasteiger partial charge is 0.366 e. The summed E-state index contributed by atoms with van der Waals surface area (Å²) in [5.41, 5.74) is 0.670. The smallest absolute Gasteiger partial charge is 0.214 e. The highest BCUT2D eigenvalue weighted by atomic mass is 19.1. The van der Waals surface area contributed by atoms with Gasteiger partial charge in [-0.1, -0.05) is 6.07 Å². The molecule has 6 heteroatoms. The van der Waals surface area contributed by atoms with Crippen LogP contribution in [0.25, 0.3) is 0 Å². The lowest BCUT2D eigenvalue weighted by Gasteiger charge is -2.22. The summed E-state index contributed by atoms with van der Waals surface area (Å²) in [4.78, 5) is 3.65. The number of aromatic nitrogens is 1. The predicted molar refractivity (Wildman–Crippen MR) is 63.9 cm³/mol. The number of halogens is 2. The summed E-state index contributed by atoms with van der Waals surface area (Å²) in [6.07, 6.45) is 2.21. The Kier molecular flexibility index (Phi) is 3.88. The molecule has 1 unspecified atom stereocenters. The minimum absolute atomic E-state index is 0.309. The minimum atomic E-state index is -0.565. The zero-order chi connectivity index (χ0) is 13.0. The Morgan fingerprint density at radius 2 is 2.28 bits per heavy atom. The molecular weight excluding hydrogens is 240 g/mol. The van der Waals surface area contributed by atoms with Crippen LogP contribution in [0.4, 0.5) is 14.6 Å². The molecule has 0 bridgehead atoms. The molecule has 18 heavy (non-hydrogen) atoms. The van der Waals surface area contributed by atoms with Crippen molar-refractivity contribution >= 4 is 5.82 Å². The standard InChI is InChI=1S/C12H13F2N3O/c1-18-12-8(5-9(13)7-16-12)6-15-11-4-2-3-10(14)17-11/h2-5,7,12,16H,6H2,1H3,(H,15,17). The second kappa shape index (κ2) is 5.59. The molecule has 96 valence electrons. The Hall–Kier alpha value is -1.95. The van der Waals surface area contributed by atoms with Gasteiger partial charge >= 0.3 is 0 Å². The highest BCUT2D eigenvalue weighted by Crippen LogP contribution is 2.15. The van der Waals surface area contributed by atoms with Gasteiger partial charge < -0.3 is 15.4 Å². The van der Waals surface area contributed by atoms with Gasteiger partial charge in [0.2, 0.25) is 5.95 Å². The third-order valence-corrected chi connectivity index (χ3v) is 2.46. The van der Waals surface area contributed by atoms with E-state index in [0.29, 0.717) is 17.9 Å². The number of dihydropyridines is 1. The van der Waals surface area contributed by atoms with Crippen molar-refractivity contribution in [3.63, 3.8) is 0 Å². The molecule has 0 fully saturated rings. The van der Waals surface area contributed by atoms with Crippen molar-refractivity contribution < 1.29 is 13.5 Å². The van der Waals surface area contributed by atoms with Crippen molar-refractivity contribution in [1.29, 1.82) is 0 Å². The molecule has 0 saturated carbocycles. The van der Waals surface area contributed by atoms with Crippen LogP contribution in [0.1, 0.15) is 0 Å². The summed E-state index contributed by atoms with van der Waals surface area (Å²) >= 11 is 0. The van der Waals surface area contributed by atoms with Crippen molar-refractivity contribution in [2.24, 2.45) is 0 Å². The average molecular weight is 253 g/mol. The van der Waals surface area contributed by atoms with Gasteiger partial charge in [-0.25, -0.2) is 9.37 Å². The molecule has 1 aliphatic rings. The summed E-state index contributed by atoms with van der Waals surface area (Å²) in [6, 6.07) is 4.44. The molecule has 1 aliphatic heterocycles. The lowest BCUT2D eigenvalue weighted by Crippen LogP contribution is -2.34. The molecule has 1 atom stereocenters. The van der Waals surface area contributed by atoms with Crippen LogP contribution in [0.3, 0.4) is 0 Å². The van der Waals surface area contributed by atoms with Crippen molar-refractivity contribution in [3.05, 3.63) is 47.8 Å². The van der Waals surface area contributed by atoms with Crippen molar-refractivity contribution in [1.82, 2.24) is 10.3 Å². The highest BCUT2D eigenvalue weighted by Gasteiger charge is 2.16. The third kappa shape index (κ3) is 3.04. The number of nitrogens with one attached hydrogen (secondary N) is 2. The molecule has 0 radical (unpaired) electrons. The molecular formula is C12H13F2N3O. The maximum atomic E-state index is 13.1. The average Bonchev–Trinajstić information content (AvgIpc) is 2.37. The van der Waals surface area contributed by atoms with E-state index in [2.05, 4.69) is 15.6 Å². The van der Waals surface area contributed by atoms with Crippen LogP contribution >= 0.6 is 0 Å². The second-order valence-corrected chi connectivity index (χ2v) is 3.73. The lowest BCUT2D eigenvalue weighted by molar-refractivity contribution is 0.112. The molecule has 0 amide bonds. The molecule has 0 saturated heterocycles. The van der Waals surface area contributed by atoms with Gasteiger partial charge in [0.15, 0.2) is 6.23 Å². The Morgan fingerprint density at radius 1 is 1.44 bits per heavy atom. The second-order valence-electron chi connectivity index (χ2n) is 3.73. The third-order valence-electron chi connectivity index (χ3n) is 2.46. The first-order valence-electron chi connectivity index (χ1n) is 5.40. The van der Waals surface area contributed by atoms with E-state index in [1.807, 2.05) is 0 Å².